The van der Waals surface area contributed by atoms with Gasteiger partial charge < -0.3 is 24.1 Å². The molecule has 0 fully saturated rings. The van der Waals surface area contributed by atoms with Gasteiger partial charge in [0.25, 0.3) is 0 Å². The summed E-state index contributed by atoms with van der Waals surface area (Å²) in [4.78, 5) is 22.6. The zero-order valence-electron chi connectivity index (χ0n) is 18.7. The fourth-order valence-electron chi connectivity index (χ4n) is 4.33. The molecular weight excluding hydrogens is 455 g/mol. The van der Waals surface area contributed by atoms with Crippen molar-refractivity contribution in [1.82, 2.24) is 0 Å². The number of carboxylic acid groups (broad SMARTS) is 1. The Bertz CT molecular complexity index is 1340. The first-order valence-electron chi connectivity index (χ1n) is 11.0. The SMILES string of the molecule is COC(=O)/C=C1\COc2cc(O[C@@H]3CCc4c(Oc5ccc(C(=O)O)cc5)ccc(F)c43)ccc21. The van der Waals surface area contributed by atoms with Gasteiger partial charge in [0.15, 0.2) is 0 Å². The average Bonchev–Trinajstić information content (AvgIpc) is 3.46. The van der Waals surface area contributed by atoms with Crippen molar-refractivity contribution in [1.29, 1.82) is 0 Å². The van der Waals surface area contributed by atoms with Crippen LogP contribution in [-0.2, 0) is 16.0 Å². The lowest BCUT2D eigenvalue weighted by Gasteiger charge is -2.17. The molecule has 178 valence electrons. The molecule has 0 unspecified atom stereocenters. The standard InChI is InChI=1S/C27H21FO7/c1-32-25(29)12-16-14-33-24-13-18(6-7-19(16)24)35-23-10-8-20-22(11-9-21(28)26(20)23)34-17-4-2-15(3-5-17)27(30)31/h2-7,9,11-13,23H,8,10,14H2,1H3,(H,30,31)/b16-12+/t23-/m1/s1. The van der Waals surface area contributed by atoms with Gasteiger partial charge in [-0.15, -0.1) is 0 Å². The summed E-state index contributed by atoms with van der Waals surface area (Å²) >= 11 is 0. The van der Waals surface area contributed by atoms with Crippen LogP contribution in [0.4, 0.5) is 4.39 Å². The number of carbonyl (C=O) groups is 2. The predicted octanol–water partition coefficient (Wildman–Crippen LogP) is 5.33. The smallest absolute Gasteiger partial charge is 0.335 e. The van der Waals surface area contributed by atoms with Crippen LogP contribution in [0.5, 0.6) is 23.0 Å². The van der Waals surface area contributed by atoms with Crippen molar-refractivity contribution in [3.05, 3.63) is 88.7 Å². The molecule has 7 nitrogen and oxygen atoms in total. The number of carbonyl (C=O) groups excluding carboxylic acids is 1. The number of hydrogen-bond donors (Lipinski definition) is 1. The molecule has 1 heterocycles. The summed E-state index contributed by atoms with van der Waals surface area (Å²) in [5, 5.41) is 9.06. The lowest BCUT2D eigenvalue weighted by Crippen LogP contribution is -2.06. The van der Waals surface area contributed by atoms with Gasteiger partial charge in [0, 0.05) is 34.4 Å². The molecule has 0 radical (unpaired) electrons. The number of methoxy groups -OCH3 is 1. The zero-order valence-corrected chi connectivity index (χ0v) is 18.7. The summed E-state index contributed by atoms with van der Waals surface area (Å²) in [6.45, 7) is 0.253. The van der Waals surface area contributed by atoms with E-state index in [9.17, 15) is 14.0 Å². The molecule has 1 atom stereocenters. The minimum Gasteiger partial charge on any atom is -0.488 e. The lowest BCUT2D eigenvalue weighted by atomic mass is 10.1. The van der Waals surface area contributed by atoms with Crippen LogP contribution in [0.3, 0.4) is 0 Å². The van der Waals surface area contributed by atoms with Gasteiger partial charge in [-0.25, -0.2) is 14.0 Å². The first-order chi connectivity index (χ1) is 16.9. The Morgan fingerprint density at radius 3 is 2.60 bits per heavy atom. The van der Waals surface area contributed by atoms with Crippen LogP contribution in [0.15, 0.2) is 60.7 Å². The van der Waals surface area contributed by atoms with Gasteiger partial charge in [0.05, 0.1) is 12.7 Å². The molecule has 0 aromatic heterocycles. The normalized spacial score (nSPS) is 16.9. The maximum absolute atomic E-state index is 14.9. The summed E-state index contributed by atoms with van der Waals surface area (Å²) in [6, 6.07) is 14.2. The van der Waals surface area contributed by atoms with Crippen molar-refractivity contribution >= 4 is 17.5 Å². The van der Waals surface area contributed by atoms with Crippen LogP contribution in [0.1, 0.15) is 39.6 Å². The number of ether oxygens (including phenoxy) is 4. The van der Waals surface area contributed by atoms with Crippen molar-refractivity contribution in [2.45, 2.75) is 18.9 Å². The fraction of sp³-hybridized carbons (Fsp3) is 0.185. The summed E-state index contributed by atoms with van der Waals surface area (Å²) in [7, 11) is 1.32. The van der Waals surface area contributed by atoms with Crippen LogP contribution < -0.4 is 14.2 Å². The number of benzene rings is 3. The van der Waals surface area contributed by atoms with Crippen molar-refractivity contribution in [2.24, 2.45) is 0 Å². The van der Waals surface area contributed by atoms with Gasteiger partial charge >= 0.3 is 11.9 Å². The van der Waals surface area contributed by atoms with E-state index in [0.717, 1.165) is 11.1 Å². The van der Waals surface area contributed by atoms with E-state index in [1.54, 1.807) is 36.4 Å². The Morgan fingerprint density at radius 2 is 1.86 bits per heavy atom. The monoisotopic (exact) mass is 476 g/mol. The lowest BCUT2D eigenvalue weighted by molar-refractivity contribution is -0.134. The first kappa shape index (κ1) is 22.5. The van der Waals surface area contributed by atoms with Gasteiger partial charge in [0.1, 0.15) is 41.5 Å². The molecule has 0 amide bonds. The number of halogens is 1. The molecule has 0 bridgehead atoms. The van der Waals surface area contributed by atoms with Gasteiger partial charge in [-0.1, -0.05) is 0 Å². The van der Waals surface area contributed by atoms with Crippen molar-refractivity contribution < 1.29 is 38.0 Å². The van der Waals surface area contributed by atoms with E-state index in [0.29, 0.717) is 47.0 Å². The average molecular weight is 476 g/mol. The summed E-state index contributed by atoms with van der Waals surface area (Å²) in [5.41, 5.74) is 2.82. The Hall–Kier alpha value is -4.33. The molecular formula is C27H21FO7. The summed E-state index contributed by atoms with van der Waals surface area (Å²) in [6.07, 6.45) is 2.02. The third-order valence-electron chi connectivity index (χ3n) is 6.02. The molecule has 1 N–H and O–H groups in total. The molecule has 3 aromatic rings. The highest BCUT2D eigenvalue weighted by Gasteiger charge is 2.31. The van der Waals surface area contributed by atoms with E-state index >= 15 is 0 Å². The quantitative estimate of drug-likeness (QED) is 0.380. The van der Waals surface area contributed by atoms with E-state index in [2.05, 4.69) is 4.74 Å². The third-order valence-corrected chi connectivity index (χ3v) is 6.02. The molecule has 1 aliphatic heterocycles. The fourth-order valence-corrected chi connectivity index (χ4v) is 4.33. The molecule has 0 saturated carbocycles. The number of fused-ring (bicyclic) bond motifs is 2. The van der Waals surface area contributed by atoms with Crippen LogP contribution in [-0.4, -0.2) is 30.8 Å². The van der Waals surface area contributed by atoms with Gasteiger partial charge in [-0.05, 0) is 61.4 Å². The van der Waals surface area contributed by atoms with E-state index in [4.69, 9.17) is 19.3 Å². The van der Waals surface area contributed by atoms with Crippen LogP contribution in [0, 0.1) is 5.82 Å². The number of carboxylic acids is 1. The molecule has 35 heavy (non-hydrogen) atoms. The second-order valence-corrected chi connectivity index (χ2v) is 8.15. The third kappa shape index (κ3) is 4.42. The molecule has 8 heteroatoms. The maximum Gasteiger partial charge on any atom is 0.335 e. The molecule has 2 aliphatic rings. The Labute approximate surface area is 200 Å². The zero-order chi connectivity index (χ0) is 24.5. The number of rotatable bonds is 6. The maximum atomic E-state index is 14.9. The van der Waals surface area contributed by atoms with Crippen molar-refractivity contribution in [2.75, 3.05) is 13.7 Å². The van der Waals surface area contributed by atoms with Gasteiger partial charge in [-0.3, -0.25) is 0 Å². The van der Waals surface area contributed by atoms with E-state index in [-0.39, 0.29) is 18.0 Å². The van der Waals surface area contributed by atoms with Crippen molar-refractivity contribution in [3.8, 4) is 23.0 Å². The summed E-state index contributed by atoms with van der Waals surface area (Å²) < 4.78 is 37.3. The second-order valence-electron chi connectivity index (χ2n) is 8.15. The van der Waals surface area contributed by atoms with Gasteiger partial charge in [0.2, 0.25) is 0 Å². The highest BCUT2D eigenvalue weighted by atomic mass is 19.1. The first-order valence-corrected chi connectivity index (χ1v) is 11.0. The highest BCUT2D eigenvalue weighted by molar-refractivity contribution is 5.93. The Balaban J connectivity index is 1.36. The molecule has 1 aliphatic carbocycles. The Kier molecular flexibility index (Phi) is 5.86. The molecule has 0 saturated heterocycles. The Morgan fingerprint density at radius 1 is 1.09 bits per heavy atom. The van der Waals surface area contributed by atoms with Crippen LogP contribution in [0.25, 0.3) is 5.57 Å². The topological polar surface area (TPSA) is 91.3 Å². The molecule has 0 spiro atoms. The minimum atomic E-state index is -1.02. The van der Waals surface area contributed by atoms with E-state index in [1.807, 2.05) is 0 Å². The highest BCUT2D eigenvalue weighted by Crippen LogP contribution is 2.44. The molecule has 3 aromatic carbocycles. The minimum absolute atomic E-state index is 0.154. The number of esters is 1. The number of hydrogen-bond acceptors (Lipinski definition) is 6. The summed E-state index contributed by atoms with van der Waals surface area (Å²) in [5.74, 6) is 0.216. The van der Waals surface area contributed by atoms with Crippen LogP contribution >= 0.6 is 0 Å². The van der Waals surface area contributed by atoms with E-state index in [1.165, 1.54) is 31.4 Å². The number of aromatic carboxylic acids is 1. The van der Waals surface area contributed by atoms with Crippen LogP contribution in [0.2, 0.25) is 0 Å². The largest absolute Gasteiger partial charge is 0.488 e. The van der Waals surface area contributed by atoms with Gasteiger partial charge in [-0.2, -0.15) is 0 Å². The second kappa shape index (κ2) is 9.13. The molecule has 5 rings (SSSR count). The van der Waals surface area contributed by atoms with E-state index < -0.39 is 18.0 Å². The van der Waals surface area contributed by atoms with Crippen molar-refractivity contribution in [3.63, 3.8) is 0 Å². The predicted molar refractivity (Wildman–Crippen MR) is 123 cm³/mol.